The molecule has 98 valence electrons. The van der Waals surface area contributed by atoms with E-state index in [4.69, 9.17) is 4.74 Å². The Morgan fingerprint density at radius 1 is 1.59 bits per heavy atom. The van der Waals surface area contributed by atoms with Crippen LogP contribution in [0.1, 0.15) is 25.1 Å². The largest absolute Gasteiger partial charge is 0.383 e. The van der Waals surface area contributed by atoms with Gasteiger partial charge in [-0.05, 0) is 20.4 Å². The minimum atomic E-state index is 0.425. The molecular weight excluding hydrogens is 234 g/mol. The zero-order chi connectivity index (χ0) is 12.7. The first-order valence-electron chi connectivity index (χ1n) is 6.05. The quantitative estimate of drug-likeness (QED) is 0.776. The summed E-state index contributed by atoms with van der Waals surface area (Å²) in [5.74, 6) is 0. The Kier molecular flexibility index (Phi) is 6.47. The predicted molar refractivity (Wildman–Crippen MR) is 73.7 cm³/mol. The highest BCUT2D eigenvalue weighted by atomic mass is 32.1. The van der Waals surface area contributed by atoms with Crippen LogP contribution in [0.5, 0.6) is 0 Å². The second-order valence-electron chi connectivity index (χ2n) is 4.28. The van der Waals surface area contributed by atoms with Crippen molar-refractivity contribution in [1.82, 2.24) is 9.88 Å². The van der Waals surface area contributed by atoms with Gasteiger partial charge in [0, 0.05) is 37.3 Å². The third-order valence-electron chi connectivity index (χ3n) is 2.65. The van der Waals surface area contributed by atoms with Crippen LogP contribution in [0.25, 0.3) is 0 Å². The molecule has 1 rings (SSSR count). The van der Waals surface area contributed by atoms with Crippen molar-refractivity contribution in [3.05, 3.63) is 11.1 Å². The van der Waals surface area contributed by atoms with Crippen LogP contribution in [0.4, 0.5) is 5.13 Å². The summed E-state index contributed by atoms with van der Waals surface area (Å²) in [6.45, 7) is 7.00. The summed E-state index contributed by atoms with van der Waals surface area (Å²) in [6, 6.07) is 0.425. The standard InChI is InChI=1S/C12H23N3OS/c1-5-6-13-12-14-7-11(17-12)8-15(3)10(2)9-16-4/h7,10H,5-6,8-9H2,1-4H3,(H,13,14). The van der Waals surface area contributed by atoms with Gasteiger partial charge in [-0.15, -0.1) is 11.3 Å². The number of likely N-dealkylation sites (N-methyl/N-ethyl adjacent to an activating group) is 1. The fourth-order valence-corrected chi connectivity index (χ4v) is 2.37. The predicted octanol–water partition coefficient (Wildman–Crippen LogP) is 2.43. The van der Waals surface area contributed by atoms with Crippen molar-refractivity contribution in [2.24, 2.45) is 0 Å². The van der Waals surface area contributed by atoms with Crippen molar-refractivity contribution in [3.63, 3.8) is 0 Å². The van der Waals surface area contributed by atoms with Gasteiger partial charge < -0.3 is 10.1 Å². The second kappa shape index (κ2) is 7.63. The Hall–Kier alpha value is -0.650. The number of nitrogens with one attached hydrogen (secondary N) is 1. The monoisotopic (exact) mass is 257 g/mol. The number of anilines is 1. The van der Waals surface area contributed by atoms with Gasteiger partial charge in [0.05, 0.1) is 6.61 Å². The highest BCUT2D eigenvalue weighted by molar-refractivity contribution is 7.15. The van der Waals surface area contributed by atoms with Crippen molar-refractivity contribution in [2.45, 2.75) is 32.9 Å². The average molecular weight is 257 g/mol. The van der Waals surface area contributed by atoms with Crippen molar-refractivity contribution in [3.8, 4) is 0 Å². The van der Waals surface area contributed by atoms with Crippen LogP contribution < -0.4 is 5.32 Å². The first kappa shape index (κ1) is 14.4. The van der Waals surface area contributed by atoms with E-state index in [1.165, 1.54) is 4.88 Å². The molecule has 0 aliphatic rings. The maximum atomic E-state index is 5.15. The molecule has 1 aromatic heterocycles. The van der Waals surface area contributed by atoms with Crippen molar-refractivity contribution in [2.75, 3.05) is 32.6 Å². The Labute approximate surface area is 108 Å². The van der Waals surface area contributed by atoms with Gasteiger partial charge in [-0.1, -0.05) is 6.92 Å². The number of methoxy groups -OCH3 is 1. The van der Waals surface area contributed by atoms with Crippen molar-refractivity contribution < 1.29 is 4.74 Å². The molecule has 0 bridgehead atoms. The van der Waals surface area contributed by atoms with Gasteiger partial charge in [-0.25, -0.2) is 4.98 Å². The summed E-state index contributed by atoms with van der Waals surface area (Å²) < 4.78 is 5.15. The molecule has 0 spiro atoms. The Morgan fingerprint density at radius 3 is 3.00 bits per heavy atom. The maximum absolute atomic E-state index is 5.15. The summed E-state index contributed by atoms with van der Waals surface area (Å²) >= 11 is 1.73. The van der Waals surface area contributed by atoms with Crippen molar-refractivity contribution in [1.29, 1.82) is 0 Å². The molecule has 0 amide bonds. The van der Waals surface area contributed by atoms with E-state index < -0.39 is 0 Å². The van der Waals surface area contributed by atoms with E-state index in [1.54, 1.807) is 18.4 Å². The minimum absolute atomic E-state index is 0.425. The van der Waals surface area contributed by atoms with E-state index in [-0.39, 0.29) is 0 Å². The first-order valence-corrected chi connectivity index (χ1v) is 6.86. The molecule has 0 radical (unpaired) electrons. The van der Waals surface area contributed by atoms with E-state index in [0.717, 1.165) is 31.2 Å². The lowest BCUT2D eigenvalue weighted by Gasteiger charge is -2.22. The number of rotatable bonds is 8. The molecule has 0 fully saturated rings. The number of aromatic nitrogens is 1. The lowest BCUT2D eigenvalue weighted by molar-refractivity contribution is 0.112. The fraction of sp³-hybridized carbons (Fsp3) is 0.750. The Bertz CT molecular complexity index is 316. The Balaban J connectivity index is 2.42. The van der Waals surface area contributed by atoms with E-state index in [2.05, 4.69) is 36.1 Å². The van der Waals surface area contributed by atoms with Crippen LogP contribution in [0.3, 0.4) is 0 Å². The molecule has 4 nitrogen and oxygen atoms in total. The van der Waals surface area contributed by atoms with Gasteiger partial charge in [-0.2, -0.15) is 0 Å². The number of hydrogen-bond acceptors (Lipinski definition) is 5. The molecule has 1 N–H and O–H groups in total. The van der Waals surface area contributed by atoms with Gasteiger partial charge in [-0.3, -0.25) is 4.90 Å². The average Bonchev–Trinajstić information content (AvgIpc) is 2.74. The third-order valence-corrected chi connectivity index (χ3v) is 3.59. The lowest BCUT2D eigenvalue weighted by atomic mass is 10.3. The molecule has 0 aromatic carbocycles. The third kappa shape index (κ3) is 5.02. The molecule has 1 aromatic rings. The molecule has 1 unspecified atom stereocenters. The number of thiazole rings is 1. The van der Waals surface area contributed by atoms with Crippen LogP contribution >= 0.6 is 11.3 Å². The zero-order valence-electron chi connectivity index (χ0n) is 11.2. The van der Waals surface area contributed by atoms with Crippen molar-refractivity contribution >= 4 is 16.5 Å². The normalized spacial score (nSPS) is 13.0. The summed E-state index contributed by atoms with van der Waals surface area (Å²) in [4.78, 5) is 7.93. The van der Waals surface area contributed by atoms with Gasteiger partial charge in [0.15, 0.2) is 5.13 Å². The molecular formula is C12H23N3OS. The minimum Gasteiger partial charge on any atom is -0.383 e. The van der Waals surface area contributed by atoms with E-state index in [1.807, 2.05) is 6.20 Å². The molecule has 1 heterocycles. The Morgan fingerprint density at radius 2 is 2.35 bits per heavy atom. The molecule has 0 saturated carbocycles. The number of hydrogen-bond donors (Lipinski definition) is 1. The zero-order valence-corrected chi connectivity index (χ0v) is 12.0. The SMILES string of the molecule is CCCNc1ncc(CN(C)C(C)COC)s1. The van der Waals surface area contributed by atoms with Crippen LogP contribution in [-0.2, 0) is 11.3 Å². The smallest absolute Gasteiger partial charge is 0.182 e. The van der Waals surface area contributed by atoms with Crippen LogP contribution in [-0.4, -0.2) is 43.2 Å². The molecule has 0 aliphatic carbocycles. The van der Waals surface area contributed by atoms with E-state index >= 15 is 0 Å². The highest BCUT2D eigenvalue weighted by Crippen LogP contribution is 2.19. The summed E-state index contributed by atoms with van der Waals surface area (Å²) in [6.07, 6.45) is 3.08. The van der Waals surface area contributed by atoms with Gasteiger partial charge in [0.2, 0.25) is 0 Å². The van der Waals surface area contributed by atoms with Gasteiger partial charge in [0.1, 0.15) is 0 Å². The molecule has 0 aliphatic heterocycles. The molecule has 17 heavy (non-hydrogen) atoms. The van der Waals surface area contributed by atoms with Crippen LogP contribution in [0, 0.1) is 0 Å². The summed E-state index contributed by atoms with van der Waals surface area (Å²) in [5, 5.41) is 4.33. The second-order valence-corrected chi connectivity index (χ2v) is 5.39. The van der Waals surface area contributed by atoms with Crippen LogP contribution in [0.2, 0.25) is 0 Å². The number of ether oxygens (including phenoxy) is 1. The van der Waals surface area contributed by atoms with E-state index in [9.17, 15) is 0 Å². The van der Waals surface area contributed by atoms with Crippen LogP contribution in [0.15, 0.2) is 6.20 Å². The number of nitrogens with zero attached hydrogens (tertiary/aromatic N) is 2. The first-order chi connectivity index (χ1) is 8.17. The van der Waals surface area contributed by atoms with Gasteiger partial charge in [0.25, 0.3) is 0 Å². The maximum Gasteiger partial charge on any atom is 0.182 e. The summed E-state index contributed by atoms with van der Waals surface area (Å²) in [5.41, 5.74) is 0. The molecule has 5 heteroatoms. The summed E-state index contributed by atoms with van der Waals surface area (Å²) in [7, 11) is 3.85. The lowest BCUT2D eigenvalue weighted by Crippen LogP contribution is -2.31. The molecule has 1 atom stereocenters. The molecule has 0 saturated heterocycles. The fourth-order valence-electron chi connectivity index (χ4n) is 1.46. The van der Waals surface area contributed by atoms with E-state index in [0.29, 0.717) is 6.04 Å². The van der Waals surface area contributed by atoms with Gasteiger partial charge >= 0.3 is 0 Å². The highest BCUT2D eigenvalue weighted by Gasteiger charge is 2.11. The topological polar surface area (TPSA) is 37.4 Å².